The molecule has 0 aliphatic heterocycles. The van der Waals surface area contributed by atoms with Crippen molar-refractivity contribution in [2.45, 2.75) is 20.0 Å². The van der Waals surface area contributed by atoms with Crippen LogP contribution in [-0.4, -0.2) is 30.3 Å². The van der Waals surface area contributed by atoms with E-state index in [1.54, 1.807) is 0 Å². The fourth-order valence-electron chi connectivity index (χ4n) is 0.876. The van der Waals surface area contributed by atoms with Crippen LogP contribution >= 0.6 is 0 Å². The van der Waals surface area contributed by atoms with E-state index in [9.17, 15) is 0 Å². The van der Waals surface area contributed by atoms with Gasteiger partial charge in [-0.25, -0.2) is 0 Å². The van der Waals surface area contributed by atoms with E-state index in [1.807, 2.05) is 14.0 Å². The van der Waals surface area contributed by atoms with E-state index in [-0.39, 0.29) is 0 Å². The second kappa shape index (κ2) is 5.66. The largest absolute Gasteiger partial charge is 0.374 e. The SMILES string of the molecule is CCOCc1noc(CCNC)n1. The molecule has 1 heterocycles. The number of rotatable bonds is 6. The molecule has 0 saturated heterocycles. The number of nitrogens with one attached hydrogen (secondary N) is 1. The molecule has 0 atom stereocenters. The molecular formula is C8H15N3O2. The molecule has 5 nitrogen and oxygen atoms in total. The summed E-state index contributed by atoms with van der Waals surface area (Å²) < 4.78 is 10.1. The fourth-order valence-corrected chi connectivity index (χ4v) is 0.876. The molecule has 5 heteroatoms. The van der Waals surface area contributed by atoms with Crippen LogP contribution in [0.1, 0.15) is 18.6 Å². The minimum Gasteiger partial charge on any atom is -0.374 e. The normalized spacial score (nSPS) is 10.6. The highest BCUT2D eigenvalue weighted by molar-refractivity contribution is 4.84. The average molecular weight is 185 g/mol. The van der Waals surface area contributed by atoms with Crippen LogP contribution in [0.5, 0.6) is 0 Å². The topological polar surface area (TPSA) is 60.2 Å². The maximum Gasteiger partial charge on any atom is 0.228 e. The van der Waals surface area contributed by atoms with Crippen LogP contribution in [0.3, 0.4) is 0 Å². The third kappa shape index (κ3) is 3.52. The second-order valence-electron chi connectivity index (χ2n) is 2.60. The van der Waals surface area contributed by atoms with Crippen molar-refractivity contribution >= 4 is 0 Å². The maximum atomic E-state index is 5.14. The van der Waals surface area contributed by atoms with Gasteiger partial charge < -0.3 is 14.6 Å². The Hall–Kier alpha value is -0.940. The molecule has 0 bridgehead atoms. The van der Waals surface area contributed by atoms with Crippen LogP contribution in [0.15, 0.2) is 4.52 Å². The summed E-state index contributed by atoms with van der Waals surface area (Å²) in [5.74, 6) is 1.28. The van der Waals surface area contributed by atoms with Gasteiger partial charge in [0.2, 0.25) is 5.89 Å². The first-order valence-electron chi connectivity index (χ1n) is 4.40. The summed E-state index contributed by atoms with van der Waals surface area (Å²) in [5.41, 5.74) is 0. The van der Waals surface area contributed by atoms with Gasteiger partial charge in [-0.2, -0.15) is 4.98 Å². The van der Waals surface area contributed by atoms with Crippen molar-refractivity contribution in [3.05, 3.63) is 11.7 Å². The standard InChI is InChI=1S/C8H15N3O2/c1-3-12-6-7-10-8(13-11-7)4-5-9-2/h9H,3-6H2,1-2H3. The molecule has 74 valence electrons. The number of hydrogen-bond donors (Lipinski definition) is 1. The summed E-state index contributed by atoms with van der Waals surface area (Å²) >= 11 is 0. The zero-order chi connectivity index (χ0) is 9.52. The third-order valence-electron chi connectivity index (χ3n) is 1.53. The van der Waals surface area contributed by atoms with Crippen molar-refractivity contribution < 1.29 is 9.26 Å². The van der Waals surface area contributed by atoms with E-state index in [2.05, 4.69) is 15.5 Å². The molecule has 0 spiro atoms. The van der Waals surface area contributed by atoms with Crippen molar-refractivity contribution in [1.29, 1.82) is 0 Å². The minimum absolute atomic E-state index is 0.430. The van der Waals surface area contributed by atoms with Gasteiger partial charge in [0.25, 0.3) is 0 Å². The fraction of sp³-hybridized carbons (Fsp3) is 0.750. The molecule has 1 aromatic rings. The first kappa shape index (κ1) is 10.1. The van der Waals surface area contributed by atoms with E-state index >= 15 is 0 Å². The van der Waals surface area contributed by atoms with Gasteiger partial charge in [0.15, 0.2) is 5.82 Å². The Morgan fingerprint density at radius 3 is 3.08 bits per heavy atom. The molecule has 13 heavy (non-hydrogen) atoms. The number of likely N-dealkylation sites (N-methyl/N-ethyl adjacent to an activating group) is 1. The Labute approximate surface area is 77.5 Å². The second-order valence-corrected chi connectivity index (χ2v) is 2.60. The van der Waals surface area contributed by atoms with Crippen molar-refractivity contribution in [3.63, 3.8) is 0 Å². The average Bonchev–Trinajstić information content (AvgIpc) is 2.59. The van der Waals surface area contributed by atoms with Crippen molar-refractivity contribution in [2.24, 2.45) is 0 Å². The zero-order valence-corrected chi connectivity index (χ0v) is 8.04. The van der Waals surface area contributed by atoms with Crippen molar-refractivity contribution in [1.82, 2.24) is 15.5 Å². The van der Waals surface area contributed by atoms with Crippen LogP contribution in [0.4, 0.5) is 0 Å². The Bertz CT molecular complexity index is 215. The summed E-state index contributed by atoms with van der Waals surface area (Å²) in [4.78, 5) is 4.14. The molecule has 0 amide bonds. The summed E-state index contributed by atoms with van der Waals surface area (Å²) in [5, 5.41) is 6.78. The van der Waals surface area contributed by atoms with E-state index in [1.165, 1.54) is 0 Å². The first-order chi connectivity index (χ1) is 6.36. The number of aromatic nitrogens is 2. The van der Waals surface area contributed by atoms with E-state index < -0.39 is 0 Å². The Balaban J connectivity index is 2.34. The predicted molar refractivity (Wildman–Crippen MR) is 47.3 cm³/mol. The third-order valence-corrected chi connectivity index (χ3v) is 1.53. The lowest BCUT2D eigenvalue weighted by atomic mass is 10.4. The van der Waals surface area contributed by atoms with Gasteiger partial charge in [0.1, 0.15) is 6.61 Å². The van der Waals surface area contributed by atoms with Crippen LogP contribution in [-0.2, 0) is 17.8 Å². The lowest BCUT2D eigenvalue weighted by molar-refractivity contribution is 0.126. The molecule has 0 aliphatic rings. The van der Waals surface area contributed by atoms with E-state index in [4.69, 9.17) is 9.26 Å². The summed E-state index contributed by atoms with van der Waals surface area (Å²) in [7, 11) is 1.89. The highest BCUT2D eigenvalue weighted by Gasteiger charge is 2.04. The van der Waals surface area contributed by atoms with Crippen LogP contribution < -0.4 is 5.32 Å². The zero-order valence-electron chi connectivity index (χ0n) is 8.04. The van der Waals surface area contributed by atoms with Gasteiger partial charge in [-0.15, -0.1) is 0 Å². The van der Waals surface area contributed by atoms with E-state index in [0.717, 1.165) is 13.0 Å². The highest BCUT2D eigenvalue weighted by atomic mass is 16.5. The minimum atomic E-state index is 0.430. The van der Waals surface area contributed by atoms with Gasteiger partial charge in [0, 0.05) is 19.6 Å². The van der Waals surface area contributed by atoms with Gasteiger partial charge in [-0.3, -0.25) is 0 Å². The first-order valence-corrected chi connectivity index (χ1v) is 4.40. The molecule has 1 rings (SSSR count). The molecule has 0 aliphatic carbocycles. The molecular weight excluding hydrogens is 170 g/mol. The maximum absolute atomic E-state index is 5.14. The molecule has 0 radical (unpaired) electrons. The molecule has 0 aromatic carbocycles. The lowest BCUT2D eigenvalue weighted by Crippen LogP contribution is -2.10. The smallest absolute Gasteiger partial charge is 0.228 e. The number of ether oxygens (including phenoxy) is 1. The van der Waals surface area contributed by atoms with Crippen LogP contribution in [0.2, 0.25) is 0 Å². The van der Waals surface area contributed by atoms with Crippen molar-refractivity contribution in [3.8, 4) is 0 Å². The Morgan fingerprint density at radius 2 is 2.38 bits per heavy atom. The summed E-state index contributed by atoms with van der Waals surface area (Å²) in [6, 6.07) is 0. The molecule has 1 aromatic heterocycles. The number of nitrogens with zero attached hydrogens (tertiary/aromatic N) is 2. The molecule has 0 unspecified atom stereocenters. The van der Waals surface area contributed by atoms with Gasteiger partial charge >= 0.3 is 0 Å². The van der Waals surface area contributed by atoms with Gasteiger partial charge in [-0.1, -0.05) is 5.16 Å². The lowest BCUT2D eigenvalue weighted by Gasteiger charge is -1.92. The predicted octanol–water partition coefficient (Wildman–Crippen LogP) is 0.368. The van der Waals surface area contributed by atoms with Gasteiger partial charge in [0.05, 0.1) is 0 Å². The van der Waals surface area contributed by atoms with Crippen LogP contribution in [0.25, 0.3) is 0 Å². The van der Waals surface area contributed by atoms with Crippen LogP contribution in [0, 0.1) is 0 Å². The quantitative estimate of drug-likeness (QED) is 0.693. The molecule has 0 saturated carbocycles. The monoisotopic (exact) mass is 185 g/mol. The van der Waals surface area contributed by atoms with Crippen molar-refractivity contribution in [2.75, 3.05) is 20.2 Å². The highest BCUT2D eigenvalue weighted by Crippen LogP contribution is 1.99. The van der Waals surface area contributed by atoms with Gasteiger partial charge in [-0.05, 0) is 14.0 Å². The Morgan fingerprint density at radius 1 is 1.54 bits per heavy atom. The Kier molecular flexibility index (Phi) is 4.42. The molecule has 1 N–H and O–H groups in total. The summed E-state index contributed by atoms with van der Waals surface area (Å²) in [6.45, 7) is 3.87. The summed E-state index contributed by atoms with van der Waals surface area (Å²) in [6.07, 6.45) is 0.760. The van der Waals surface area contributed by atoms with E-state index in [0.29, 0.717) is 24.9 Å². The number of hydrogen-bond acceptors (Lipinski definition) is 5. The molecule has 0 fully saturated rings.